The lowest BCUT2D eigenvalue weighted by Crippen LogP contribution is -2.19. The smallest absolute Gasteiger partial charge is 0.0755 e. The van der Waals surface area contributed by atoms with Gasteiger partial charge in [-0.1, -0.05) is 30.7 Å². The van der Waals surface area contributed by atoms with Gasteiger partial charge in [-0.25, -0.2) is 0 Å². The SMILES string of the molecule is CC#CC[C@@H](C)[C@H](O)/C=C/[C@@H]1[C@H]2C/C(=C/COCCN(C)C)C[C@H]2C[C@H]1O. The molecule has 0 radical (unpaired) electrons. The molecule has 4 nitrogen and oxygen atoms in total. The van der Waals surface area contributed by atoms with Crippen LogP contribution in [0.1, 0.15) is 39.5 Å². The lowest BCUT2D eigenvalue weighted by Gasteiger charge is -2.19. The Kier molecular flexibility index (Phi) is 9.05. The molecule has 2 N–H and O–H groups in total. The van der Waals surface area contributed by atoms with Crippen LogP contribution >= 0.6 is 0 Å². The first-order valence-electron chi connectivity index (χ1n) is 10.3. The molecule has 0 spiro atoms. The summed E-state index contributed by atoms with van der Waals surface area (Å²) >= 11 is 0. The molecule has 0 aromatic heterocycles. The fraction of sp³-hybridized carbons (Fsp3) is 0.739. The van der Waals surface area contributed by atoms with Crippen molar-refractivity contribution in [2.75, 3.05) is 33.9 Å². The zero-order valence-electron chi connectivity index (χ0n) is 17.4. The van der Waals surface area contributed by atoms with Gasteiger partial charge in [0.05, 0.1) is 25.4 Å². The maximum atomic E-state index is 10.5. The number of nitrogens with zero attached hydrogens (tertiary/aromatic N) is 1. The molecule has 0 amide bonds. The van der Waals surface area contributed by atoms with Crippen LogP contribution in [0.4, 0.5) is 0 Å². The van der Waals surface area contributed by atoms with Crippen molar-refractivity contribution in [3.05, 3.63) is 23.8 Å². The summed E-state index contributed by atoms with van der Waals surface area (Å²) in [5.41, 5.74) is 1.47. The van der Waals surface area contributed by atoms with Crippen LogP contribution in [0.15, 0.2) is 23.8 Å². The maximum Gasteiger partial charge on any atom is 0.0755 e. The molecule has 0 aliphatic heterocycles. The summed E-state index contributed by atoms with van der Waals surface area (Å²) in [5, 5.41) is 20.8. The van der Waals surface area contributed by atoms with Gasteiger partial charge in [-0.05, 0) is 58.0 Å². The van der Waals surface area contributed by atoms with E-state index in [1.807, 2.05) is 34.0 Å². The molecular weight excluding hydrogens is 338 g/mol. The molecule has 0 aromatic carbocycles. The molecule has 2 saturated carbocycles. The van der Waals surface area contributed by atoms with Crippen molar-refractivity contribution in [3.8, 4) is 11.8 Å². The maximum absolute atomic E-state index is 10.5. The Balaban J connectivity index is 1.85. The van der Waals surface area contributed by atoms with Crippen LogP contribution in [0.5, 0.6) is 0 Å². The van der Waals surface area contributed by atoms with Gasteiger partial charge < -0.3 is 19.8 Å². The minimum absolute atomic E-state index is 0.112. The van der Waals surface area contributed by atoms with Gasteiger partial charge in [0.15, 0.2) is 0 Å². The van der Waals surface area contributed by atoms with Gasteiger partial charge >= 0.3 is 0 Å². The molecule has 6 atom stereocenters. The number of ether oxygens (including phenoxy) is 1. The molecule has 152 valence electrons. The third-order valence-corrected chi connectivity index (χ3v) is 6.00. The van der Waals surface area contributed by atoms with Gasteiger partial charge in [-0.2, -0.15) is 0 Å². The second-order valence-corrected chi connectivity index (χ2v) is 8.44. The monoisotopic (exact) mass is 375 g/mol. The number of fused-ring (bicyclic) bond motifs is 1. The van der Waals surface area contributed by atoms with Crippen molar-refractivity contribution in [1.29, 1.82) is 0 Å². The second-order valence-electron chi connectivity index (χ2n) is 8.44. The van der Waals surface area contributed by atoms with E-state index in [-0.39, 0.29) is 17.9 Å². The fourth-order valence-electron chi connectivity index (χ4n) is 4.26. The molecular formula is C23H37NO3. The van der Waals surface area contributed by atoms with Gasteiger partial charge in [0, 0.05) is 18.9 Å². The van der Waals surface area contributed by atoms with Crippen LogP contribution in [0.2, 0.25) is 0 Å². The van der Waals surface area contributed by atoms with Gasteiger partial charge in [0.25, 0.3) is 0 Å². The topological polar surface area (TPSA) is 52.9 Å². The highest BCUT2D eigenvalue weighted by Crippen LogP contribution is 2.50. The number of aliphatic hydroxyl groups excluding tert-OH is 2. The summed E-state index contributed by atoms with van der Waals surface area (Å²) in [6.45, 7) is 6.22. The molecule has 2 aliphatic carbocycles. The number of likely N-dealkylation sites (N-methyl/N-ethyl adjacent to an activating group) is 1. The lowest BCUT2D eigenvalue weighted by molar-refractivity contribution is 0.136. The van der Waals surface area contributed by atoms with E-state index in [4.69, 9.17) is 4.74 Å². The molecule has 4 heteroatoms. The van der Waals surface area contributed by atoms with Gasteiger partial charge in [-0.15, -0.1) is 11.8 Å². The van der Waals surface area contributed by atoms with Crippen LogP contribution in [0.25, 0.3) is 0 Å². The quantitative estimate of drug-likeness (QED) is 0.370. The first kappa shape index (κ1) is 22.2. The largest absolute Gasteiger partial charge is 0.392 e. The minimum atomic E-state index is -0.501. The fourth-order valence-corrected chi connectivity index (χ4v) is 4.26. The lowest BCUT2D eigenvalue weighted by atomic mass is 9.89. The van der Waals surface area contributed by atoms with Crippen molar-refractivity contribution in [2.45, 2.75) is 51.7 Å². The van der Waals surface area contributed by atoms with Gasteiger partial charge in [-0.3, -0.25) is 0 Å². The van der Waals surface area contributed by atoms with Crippen molar-refractivity contribution in [2.24, 2.45) is 23.7 Å². The Hall–Kier alpha value is -1.12. The molecule has 0 unspecified atom stereocenters. The summed E-state index contributed by atoms with van der Waals surface area (Å²) in [7, 11) is 4.10. The number of aliphatic hydroxyl groups is 2. The molecule has 2 fully saturated rings. The van der Waals surface area contributed by atoms with E-state index in [0.717, 1.165) is 32.4 Å². The number of rotatable bonds is 9. The molecule has 2 aliphatic rings. The second kappa shape index (κ2) is 11.0. The third kappa shape index (κ3) is 6.76. The number of hydrogen-bond donors (Lipinski definition) is 2. The molecule has 0 bridgehead atoms. The van der Waals surface area contributed by atoms with Crippen molar-refractivity contribution in [1.82, 2.24) is 4.90 Å². The average Bonchev–Trinajstić information content (AvgIpc) is 3.13. The Morgan fingerprint density at radius 3 is 2.81 bits per heavy atom. The van der Waals surface area contributed by atoms with Crippen LogP contribution in [0, 0.1) is 35.5 Å². The Morgan fingerprint density at radius 2 is 2.11 bits per heavy atom. The Labute approximate surface area is 165 Å². The average molecular weight is 376 g/mol. The molecule has 2 rings (SSSR count). The summed E-state index contributed by atoms with van der Waals surface area (Å²) in [5.74, 6) is 7.21. The van der Waals surface area contributed by atoms with Crippen LogP contribution in [-0.2, 0) is 4.74 Å². The Bertz CT molecular complexity index is 572. The van der Waals surface area contributed by atoms with Gasteiger partial charge in [0.1, 0.15) is 0 Å². The zero-order valence-corrected chi connectivity index (χ0v) is 17.4. The van der Waals surface area contributed by atoms with E-state index in [9.17, 15) is 10.2 Å². The van der Waals surface area contributed by atoms with E-state index in [1.165, 1.54) is 5.57 Å². The minimum Gasteiger partial charge on any atom is -0.392 e. The number of allylic oxidation sites excluding steroid dienone is 1. The van der Waals surface area contributed by atoms with Crippen LogP contribution < -0.4 is 0 Å². The first-order valence-corrected chi connectivity index (χ1v) is 10.3. The Morgan fingerprint density at radius 1 is 1.33 bits per heavy atom. The molecule has 0 aromatic rings. The summed E-state index contributed by atoms with van der Waals surface area (Å²) in [4.78, 5) is 2.12. The number of hydrogen-bond acceptors (Lipinski definition) is 4. The standard InChI is InChI=1S/C23H37NO3/c1-5-6-7-17(2)22(25)9-8-20-21-15-18(14-19(21)16-23(20)26)10-12-27-13-11-24(3)4/h8-10,17,19-23,25-26H,7,11-16H2,1-4H3/b9-8+,18-10+/t17-,19+,20-,21+,22-,23-/m1/s1. The molecule has 0 heterocycles. The van der Waals surface area contributed by atoms with Gasteiger partial charge in [0.2, 0.25) is 0 Å². The summed E-state index contributed by atoms with van der Waals surface area (Å²) < 4.78 is 5.69. The van der Waals surface area contributed by atoms with Crippen molar-refractivity contribution < 1.29 is 14.9 Å². The normalized spacial score (nSPS) is 31.3. The molecule has 0 saturated heterocycles. The van der Waals surface area contributed by atoms with Crippen LogP contribution in [0.3, 0.4) is 0 Å². The summed E-state index contributed by atoms with van der Waals surface area (Å²) in [6.07, 6.45) is 9.08. The highest BCUT2D eigenvalue weighted by Gasteiger charge is 2.44. The van der Waals surface area contributed by atoms with E-state index >= 15 is 0 Å². The highest BCUT2D eigenvalue weighted by atomic mass is 16.5. The first-order chi connectivity index (χ1) is 12.9. The van der Waals surface area contributed by atoms with E-state index in [0.29, 0.717) is 24.9 Å². The van der Waals surface area contributed by atoms with E-state index < -0.39 is 6.10 Å². The molecule has 27 heavy (non-hydrogen) atoms. The van der Waals surface area contributed by atoms with Crippen molar-refractivity contribution >= 4 is 0 Å². The van der Waals surface area contributed by atoms with Crippen molar-refractivity contribution in [3.63, 3.8) is 0 Å². The van der Waals surface area contributed by atoms with E-state index in [2.05, 4.69) is 28.9 Å². The third-order valence-electron chi connectivity index (χ3n) is 6.00. The zero-order chi connectivity index (χ0) is 19.8. The van der Waals surface area contributed by atoms with E-state index in [1.54, 1.807) is 0 Å². The summed E-state index contributed by atoms with van der Waals surface area (Å²) in [6, 6.07) is 0. The highest BCUT2D eigenvalue weighted by molar-refractivity contribution is 5.18. The predicted octanol–water partition coefficient (Wildman–Crippen LogP) is 2.86. The predicted molar refractivity (Wildman–Crippen MR) is 110 cm³/mol. The van der Waals surface area contributed by atoms with Crippen LogP contribution in [-0.4, -0.2) is 61.2 Å².